The fourth-order valence-electron chi connectivity index (χ4n) is 1.31. The van der Waals surface area contributed by atoms with Crippen LogP contribution in [-0.2, 0) is 0 Å². The van der Waals surface area contributed by atoms with Crippen molar-refractivity contribution >= 4 is 0 Å². The Hall–Kier alpha value is -0.0800. The predicted molar refractivity (Wildman–Crippen MR) is 44.2 cm³/mol. The summed E-state index contributed by atoms with van der Waals surface area (Å²) in [7, 11) is 0. The van der Waals surface area contributed by atoms with Gasteiger partial charge in [-0.05, 0) is 25.9 Å². The van der Waals surface area contributed by atoms with Gasteiger partial charge in [0.15, 0.2) is 0 Å². The van der Waals surface area contributed by atoms with Crippen molar-refractivity contribution < 1.29 is 0 Å². The second-order valence-electron chi connectivity index (χ2n) is 3.00. The van der Waals surface area contributed by atoms with Crippen LogP contribution in [0.2, 0.25) is 0 Å². The number of rotatable bonds is 4. The summed E-state index contributed by atoms with van der Waals surface area (Å²) in [5.74, 6) is 0. The van der Waals surface area contributed by atoms with E-state index in [0.717, 1.165) is 6.04 Å². The molecule has 2 nitrogen and oxygen atoms in total. The molecule has 1 saturated heterocycles. The van der Waals surface area contributed by atoms with E-state index in [2.05, 4.69) is 17.6 Å². The van der Waals surface area contributed by atoms with Crippen LogP contribution in [0.25, 0.3) is 0 Å². The fraction of sp³-hybridized carbons (Fsp3) is 1.00. The summed E-state index contributed by atoms with van der Waals surface area (Å²) < 4.78 is 0. The molecule has 2 N–H and O–H groups in total. The average Bonchev–Trinajstić information content (AvgIpc) is 2.41. The van der Waals surface area contributed by atoms with Gasteiger partial charge < -0.3 is 10.6 Å². The molecule has 1 rings (SSSR count). The molecule has 0 bridgehead atoms. The fourth-order valence-corrected chi connectivity index (χ4v) is 1.31. The lowest BCUT2D eigenvalue weighted by atomic mass is 10.2. The zero-order valence-corrected chi connectivity index (χ0v) is 6.82. The quantitative estimate of drug-likeness (QED) is 0.566. The maximum absolute atomic E-state index is 3.52. The van der Waals surface area contributed by atoms with E-state index >= 15 is 0 Å². The number of unbranched alkanes of at least 4 members (excludes halogenated alkanes) is 1. The first kappa shape index (κ1) is 8.02. The first-order chi connectivity index (χ1) is 4.93. The highest BCUT2D eigenvalue weighted by Crippen LogP contribution is 1.96. The predicted octanol–water partition coefficient (Wildman–Crippen LogP) is 0.738. The van der Waals surface area contributed by atoms with Gasteiger partial charge in [-0.15, -0.1) is 0 Å². The van der Waals surface area contributed by atoms with Gasteiger partial charge in [0.25, 0.3) is 0 Å². The van der Waals surface area contributed by atoms with Gasteiger partial charge in [0.05, 0.1) is 0 Å². The monoisotopic (exact) mass is 142 g/mol. The largest absolute Gasteiger partial charge is 0.315 e. The Morgan fingerprint density at radius 2 is 2.50 bits per heavy atom. The van der Waals surface area contributed by atoms with Crippen molar-refractivity contribution in [2.75, 3.05) is 19.6 Å². The van der Waals surface area contributed by atoms with Crippen LogP contribution in [-0.4, -0.2) is 25.7 Å². The standard InChI is InChI=1S/C8H18N2/c1-2-3-5-10-8-4-6-9-7-8/h8-10H,2-7H2,1H3. The first-order valence-electron chi connectivity index (χ1n) is 4.37. The van der Waals surface area contributed by atoms with E-state index < -0.39 is 0 Å². The van der Waals surface area contributed by atoms with Crippen molar-refractivity contribution in [2.24, 2.45) is 0 Å². The van der Waals surface area contributed by atoms with Gasteiger partial charge in [-0.3, -0.25) is 0 Å². The summed E-state index contributed by atoms with van der Waals surface area (Å²) in [6.07, 6.45) is 3.92. The molecule has 0 saturated carbocycles. The Morgan fingerprint density at radius 1 is 1.60 bits per heavy atom. The lowest BCUT2D eigenvalue weighted by molar-refractivity contribution is 0.533. The molecule has 0 aromatic carbocycles. The van der Waals surface area contributed by atoms with Gasteiger partial charge in [-0.1, -0.05) is 13.3 Å². The van der Waals surface area contributed by atoms with Crippen LogP contribution in [0, 0.1) is 0 Å². The van der Waals surface area contributed by atoms with Gasteiger partial charge in [0.1, 0.15) is 0 Å². The molecule has 10 heavy (non-hydrogen) atoms. The molecule has 0 spiro atoms. The highest BCUT2D eigenvalue weighted by atomic mass is 15.0. The highest BCUT2D eigenvalue weighted by Gasteiger charge is 2.11. The van der Waals surface area contributed by atoms with E-state index in [0.29, 0.717) is 0 Å². The molecule has 1 fully saturated rings. The third-order valence-corrected chi connectivity index (χ3v) is 2.02. The molecule has 0 amide bonds. The molecule has 0 aromatic heterocycles. The van der Waals surface area contributed by atoms with Crippen LogP contribution in [0.1, 0.15) is 26.2 Å². The molecular weight excluding hydrogens is 124 g/mol. The maximum atomic E-state index is 3.52. The second kappa shape index (κ2) is 4.69. The van der Waals surface area contributed by atoms with E-state index in [9.17, 15) is 0 Å². The Bertz CT molecular complexity index is 77.3. The smallest absolute Gasteiger partial charge is 0.0204 e. The summed E-state index contributed by atoms with van der Waals surface area (Å²) in [5, 5.41) is 6.86. The van der Waals surface area contributed by atoms with Crippen molar-refractivity contribution in [2.45, 2.75) is 32.2 Å². The van der Waals surface area contributed by atoms with Gasteiger partial charge in [-0.25, -0.2) is 0 Å². The minimum Gasteiger partial charge on any atom is -0.315 e. The van der Waals surface area contributed by atoms with Crippen molar-refractivity contribution in [1.29, 1.82) is 0 Å². The van der Waals surface area contributed by atoms with Crippen LogP contribution < -0.4 is 10.6 Å². The molecule has 1 aliphatic rings. The van der Waals surface area contributed by atoms with E-state index in [1.54, 1.807) is 0 Å². The second-order valence-corrected chi connectivity index (χ2v) is 3.00. The van der Waals surface area contributed by atoms with Crippen molar-refractivity contribution in [1.82, 2.24) is 10.6 Å². The number of hydrogen-bond acceptors (Lipinski definition) is 2. The molecule has 1 atom stereocenters. The zero-order chi connectivity index (χ0) is 7.23. The summed E-state index contributed by atoms with van der Waals surface area (Å²) in [6.45, 7) is 5.80. The molecule has 1 heterocycles. The third-order valence-electron chi connectivity index (χ3n) is 2.02. The van der Waals surface area contributed by atoms with Gasteiger partial charge in [-0.2, -0.15) is 0 Å². The van der Waals surface area contributed by atoms with Crippen LogP contribution >= 0.6 is 0 Å². The molecule has 0 aromatic rings. The van der Waals surface area contributed by atoms with Gasteiger partial charge in [0, 0.05) is 12.6 Å². The maximum Gasteiger partial charge on any atom is 0.0204 e. The Morgan fingerprint density at radius 3 is 3.10 bits per heavy atom. The third kappa shape index (κ3) is 2.67. The summed E-state index contributed by atoms with van der Waals surface area (Å²) in [6, 6.07) is 0.756. The summed E-state index contributed by atoms with van der Waals surface area (Å²) in [4.78, 5) is 0. The Kier molecular flexibility index (Phi) is 3.76. The van der Waals surface area contributed by atoms with Gasteiger partial charge >= 0.3 is 0 Å². The van der Waals surface area contributed by atoms with Crippen molar-refractivity contribution in [3.05, 3.63) is 0 Å². The molecule has 60 valence electrons. The van der Waals surface area contributed by atoms with E-state index in [1.165, 1.54) is 38.9 Å². The van der Waals surface area contributed by atoms with Crippen LogP contribution in [0.5, 0.6) is 0 Å². The minimum absolute atomic E-state index is 0.756. The molecule has 0 aliphatic carbocycles. The topological polar surface area (TPSA) is 24.1 Å². The highest BCUT2D eigenvalue weighted by molar-refractivity contribution is 4.76. The Balaban J connectivity index is 1.91. The van der Waals surface area contributed by atoms with E-state index in [4.69, 9.17) is 0 Å². The SMILES string of the molecule is CCCCNC1CCNC1. The molecule has 1 aliphatic heterocycles. The number of nitrogens with one attached hydrogen (secondary N) is 2. The molecular formula is C8H18N2. The van der Waals surface area contributed by atoms with Crippen LogP contribution in [0.3, 0.4) is 0 Å². The lowest BCUT2D eigenvalue weighted by Gasteiger charge is -2.09. The van der Waals surface area contributed by atoms with E-state index in [1.807, 2.05) is 0 Å². The van der Waals surface area contributed by atoms with E-state index in [-0.39, 0.29) is 0 Å². The molecule has 1 unspecified atom stereocenters. The Labute approximate surface area is 63.4 Å². The van der Waals surface area contributed by atoms with Crippen LogP contribution in [0.15, 0.2) is 0 Å². The minimum atomic E-state index is 0.756. The van der Waals surface area contributed by atoms with Gasteiger partial charge in [0.2, 0.25) is 0 Å². The van der Waals surface area contributed by atoms with Crippen LogP contribution in [0.4, 0.5) is 0 Å². The average molecular weight is 142 g/mol. The number of hydrogen-bond donors (Lipinski definition) is 2. The molecule has 2 heteroatoms. The first-order valence-corrected chi connectivity index (χ1v) is 4.37. The van der Waals surface area contributed by atoms with Crippen molar-refractivity contribution in [3.8, 4) is 0 Å². The van der Waals surface area contributed by atoms with Crippen molar-refractivity contribution in [3.63, 3.8) is 0 Å². The summed E-state index contributed by atoms with van der Waals surface area (Å²) >= 11 is 0. The summed E-state index contributed by atoms with van der Waals surface area (Å²) in [5.41, 5.74) is 0. The molecule has 0 radical (unpaired) electrons. The lowest BCUT2D eigenvalue weighted by Crippen LogP contribution is -2.31. The zero-order valence-electron chi connectivity index (χ0n) is 6.82. The normalized spacial score (nSPS) is 25.5.